The summed E-state index contributed by atoms with van der Waals surface area (Å²) in [4.78, 5) is 11.7. The Labute approximate surface area is 133 Å². The van der Waals surface area contributed by atoms with Crippen LogP contribution in [0.15, 0.2) is 59.1 Å². The van der Waals surface area contributed by atoms with Crippen LogP contribution in [-0.4, -0.2) is 5.91 Å². The number of hydrogen-bond donors (Lipinski definition) is 1. The summed E-state index contributed by atoms with van der Waals surface area (Å²) < 4.78 is 38.6. The van der Waals surface area contributed by atoms with E-state index in [1.54, 1.807) is 24.3 Å². The Bertz CT molecular complexity index is 693. The Morgan fingerprint density at radius 3 is 2.41 bits per heavy atom. The van der Waals surface area contributed by atoms with Gasteiger partial charge in [0.15, 0.2) is 0 Å². The van der Waals surface area contributed by atoms with E-state index in [-0.39, 0.29) is 0 Å². The molecule has 2 nitrogen and oxygen atoms in total. The van der Waals surface area contributed by atoms with Crippen molar-refractivity contribution in [3.05, 3.63) is 70.2 Å². The Morgan fingerprint density at radius 1 is 1.09 bits per heavy atom. The monoisotopic (exact) mass is 369 g/mol. The van der Waals surface area contributed by atoms with Crippen molar-refractivity contribution in [1.29, 1.82) is 0 Å². The fourth-order valence-corrected chi connectivity index (χ4v) is 1.97. The molecule has 1 N–H and O–H groups in total. The number of carbonyl (C=O) groups is 1. The largest absolute Gasteiger partial charge is 0.416 e. The van der Waals surface area contributed by atoms with E-state index in [4.69, 9.17) is 0 Å². The predicted molar refractivity (Wildman–Crippen MR) is 83.2 cm³/mol. The van der Waals surface area contributed by atoms with Crippen LogP contribution in [-0.2, 0) is 11.0 Å². The second kappa shape index (κ2) is 6.79. The number of halogens is 4. The van der Waals surface area contributed by atoms with Gasteiger partial charge in [-0.05, 0) is 48.0 Å². The molecule has 0 aliphatic heterocycles. The Kier molecular flexibility index (Phi) is 5.03. The van der Waals surface area contributed by atoms with Crippen LogP contribution in [0.1, 0.15) is 11.1 Å². The zero-order valence-corrected chi connectivity index (χ0v) is 12.8. The molecule has 0 radical (unpaired) electrons. The fourth-order valence-electron chi connectivity index (χ4n) is 1.71. The van der Waals surface area contributed by atoms with Crippen LogP contribution >= 0.6 is 15.9 Å². The number of anilines is 1. The molecule has 114 valence electrons. The third-order valence-corrected chi connectivity index (χ3v) is 3.28. The molecule has 2 rings (SSSR count). The van der Waals surface area contributed by atoms with E-state index in [2.05, 4.69) is 21.2 Å². The normalized spacial score (nSPS) is 11.6. The van der Waals surface area contributed by atoms with E-state index < -0.39 is 17.6 Å². The van der Waals surface area contributed by atoms with E-state index in [9.17, 15) is 18.0 Å². The lowest BCUT2D eigenvalue weighted by Crippen LogP contribution is -2.07. The molecule has 2 aromatic carbocycles. The van der Waals surface area contributed by atoms with Gasteiger partial charge in [-0.1, -0.05) is 28.1 Å². The maximum Gasteiger partial charge on any atom is 0.416 e. The molecule has 0 spiro atoms. The molecule has 0 fully saturated rings. The van der Waals surface area contributed by atoms with Gasteiger partial charge in [0.1, 0.15) is 0 Å². The van der Waals surface area contributed by atoms with Gasteiger partial charge in [0.2, 0.25) is 5.91 Å². The minimum absolute atomic E-state index is 0.306. The summed E-state index contributed by atoms with van der Waals surface area (Å²) in [7, 11) is 0. The van der Waals surface area contributed by atoms with Gasteiger partial charge in [-0.3, -0.25) is 4.79 Å². The third kappa shape index (κ3) is 4.73. The molecule has 0 unspecified atom stereocenters. The van der Waals surface area contributed by atoms with Crippen molar-refractivity contribution < 1.29 is 18.0 Å². The van der Waals surface area contributed by atoms with Gasteiger partial charge in [-0.25, -0.2) is 0 Å². The van der Waals surface area contributed by atoms with E-state index in [1.807, 2.05) is 0 Å². The number of carbonyl (C=O) groups excluding carboxylic acids is 1. The first-order valence-electron chi connectivity index (χ1n) is 6.26. The summed E-state index contributed by atoms with van der Waals surface area (Å²) in [6.07, 6.45) is -1.87. The third-order valence-electron chi connectivity index (χ3n) is 2.75. The van der Waals surface area contributed by atoms with Crippen molar-refractivity contribution in [2.75, 3.05) is 5.32 Å². The second-order valence-electron chi connectivity index (χ2n) is 4.45. The molecule has 0 heterocycles. The lowest BCUT2D eigenvalue weighted by molar-refractivity contribution is -0.137. The number of rotatable bonds is 3. The minimum Gasteiger partial charge on any atom is -0.323 e. The van der Waals surface area contributed by atoms with Gasteiger partial charge in [0.05, 0.1) is 5.56 Å². The van der Waals surface area contributed by atoms with Crippen LogP contribution in [0.3, 0.4) is 0 Å². The number of hydrogen-bond acceptors (Lipinski definition) is 1. The molecule has 0 atom stereocenters. The van der Waals surface area contributed by atoms with Gasteiger partial charge in [-0.2, -0.15) is 13.2 Å². The number of alkyl halides is 3. The van der Waals surface area contributed by atoms with Gasteiger partial charge in [-0.15, -0.1) is 0 Å². The van der Waals surface area contributed by atoms with Crippen molar-refractivity contribution >= 4 is 33.6 Å². The highest BCUT2D eigenvalue weighted by Gasteiger charge is 2.30. The van der Waals surface area contributed by atoms with Crippen LogP contribution in [0.2, 0.25) is 0 Å². The maximum absolute atomic E-state index is 12.6. The SMILES string of the molecule is O=C(/C=C/c1cccc(C(F)(F)F)c1)Nc1ccc(Br)cc1. The minimum atomic E-state index is -4.40. The van der Waals surface area contributed by atoms with Crippen molar-refractivity contribution in [1.82, 2.24) is 0 Å². The molecule has 2 aromatic rings. The average molecular weight is 370 g/mol. The quantitative estimate of drug-likeness (QED) is 0.747. The number of benzene rings is 2. The Hall–Kier alpha value is -2.08. The van der Waals surface area contributed by atoms with E-state index >= 15 is 0 Å². The summed E-state index contributed by atoms with van der Waals surface area (Å²) in [5.74, 6) is -0.417. The van der Waals surface area contributed by atoms with E-state index in [0.717, 1.165) is 16.6 Å². The molecule has 0 aliphatic rings. The van der Waals surface area contributed by atoms with Gasteiger partial charge in [0, 0.05) is 16.2 Å². The summed E-state index contributed by atoms with van der Waals surface area (Å²) in [5, 5.41) is 2.62. The molecule has 0 aliphatic carbocycles. The topological polar surface area (TPSA) is 29.1 Å². The molecule has 0 aromatic heterocycles. The molecule has 1 amide bonds. The Morgan fingerprint density at radius 2 is 1.77 bits per heavy atom. The highest BCUT2D eigenvalue weighted by Crippen LogP contribution is 2.29. The number of nitrogens with one attached hydrogen (secondary N) is 1. The van der Waals surface area contributed by atoms with Gasteiger partial charge < -0.3 is 5.32 Å². The summed E-state index contributed by atoms with van der Waals surface area (Å²) in [6, 6.07) is 11.7. The molecule has 0 saturated heterocycles. The zero-order chi connectivity index (χ0) is 16.2. The van der Waals surface area contributed by atoms with Crippen LogP contribution in [0.25, 0.3) is 6.08 Å². The second-order valence-corrected chi connectivity index (χ2v) is 5.37. The lowest BCUT2D eigenvalue weighted by Gasteiger charge is -2.06. The van der Waals surface area contributed by atoms with Crippen LogP contribution in [0.4, 0.5) is 18.9 Å². The molecular formula is C16H11BrF3NO. The van der Waals surface area contributed by atoms with Crippen molar-refractivity contribution in [3.63, 3.8) is 0 Å². The first kappa shape index (κ1) is 16.3. The standard InChI is InChI=1S/C16H11BrF3NO/c17-13-5-7-14(8-6-13)21-15(22)9-4-11-2-1-3-12(10-11)16(18,19)20/h1-10H,(H,21,22)/b9-4+. The first-order valence-corrected chi connectivity index (χ1v) is 7.06. The average Bonchev–Trinajstić information content (AvgIpc) is 2.47. The van der Waals surface area contributed by atoms with E-state index in [1.165, 1.54) is 24.3 Å². The first-order chi connectivity index (χ1) is 10.3. The Balaban J connectivity index is 2.05. The summed E-state index contributed by atoms with van der Waals surface area (Å²) in [5.41, 5.74) is 0.158. The fraction of sp³-hybridized carbons (Fsp3) is 0.0625. The summed E-state index contributed by atoms with van der Waals surface area (Å²) >= 11 is 3.28. The zero-order valence-electron chi connectivity index (χ0n) is 11.2. The summed E-state index contributed by atoms with van der Waals surface area (Å²) in [6.45, 7) is 0. The highest BCUT2D eigenvalue weighted by atomic mass is 79.9. The lowest BCUT2D eigenvalue weighted by atomic mass is 10.1. The van der Waals surface area contributed by atoms with Crippen LogP contribution in [0.5, 0.6) is 0 Å². The highest BCUT2D eigenvalue weighted by molar-refractivity contribution is 9.10. The predicted octanol–water partition coefficient (Wildman–Crippen LogP) is 5.12. The molecular weight excluding hydrogens is 359 g/mol. The van der Waals surface area contributed by atoms with Crippen molar-refractivity contribution in [3.8, 4) is 0 Å². The maximum atomic E-state index is 12.6. The molecule has 6 heteroatoms. The smallest absolute Gasteiger partial charge is 0.323 e. The number of amides is 1. The molecule has 0 bridgehead atoms. The van der Waals surface area contributed by atoms with Crippen molar-refractivity contribution in [2.45, 2.75) is 6.18 Å². The van der Waals surface area contributed by atoms with Crippen LogP contribution in [0, 0.1) is 0 Å². The van der Waals surface area contributed by atoms with Gasteiger partial charge >= 0.3 is 6.18 Å². The van der Waals surface area contributed by atoms with E-state index in [0.29, 0.717) is 11.3 Å². The van der Waals surface area contributed by atoms with Crippen LogP contribution < -0.4 is 5.32 Å². The van der Waals surface area contributed by atoms with Crippen molar-refractivity contribution in [2.24, 2.45) is 0 Å². The molecule has 0 saturated carbocycles. The molecule has 22 heavy (non-hydrogen) atoms. The van der Waals surface area contributed by atoms with Gasteiger partial charge in [0.25, 0.3) is 0 Å².